The SMILES string of the molecule is C=C(CNc1ccccc1C)C(=O)O. The van der Waals surface area contributed by atoms with Gasteiger partial charge in [0.2, 0.25) is 0 Å². The van der Waals surface area contributed by atoms with Crippen LogP contribution in [0, 0.1) is 6.92 Å². The molecule has 2 N–H and O–H groups in total. The highest BCUT2D eigenvalue weighted by Gasteiger charge is 2.03. The number of benzene rings is 1. The molecule has 0 aromatic heterocycles. The number of nitrogens with one attached hydrogen (secondary N) is 1. The van der Waals surface area contributed by atoms with Crippen LogP contribution in [0.3, 0.4) is 0 Å². The number of rotatable bonds is 4. The van der Waals surface area contributed by atoms with Crippen LogP contribution in [0.2, 0.25) is 0 Å². The number of carboxylic acids is 1. The van der Waals surface area contributed by atoms with E-state index in [9.17, 15) is 4.79 Å². The number of para-hydroxylation sites is 1. The van der Waals surface area contributed by atoms with E-state index in [0.717, 1.165) is 11.3 Å². The predicted octanol–water partition coefficient (Wildman–Crippen LogP) is 2.05. The predicted molar refractivity (Wildman–Crippen MR) is 56.4 cm³/mol. The van der Waals surface area contributed by atoms with E-state index in [4.69, 9.17) is 5.11 Å². The molecule has 0 saturated carbocycles. The van der Waals surface area contributed by atoms with Gasteiger partial charge in [0.15, 0.2) is 0 Å². The van der Waals surface area contributed by atoms with Crippen LogP contribution >= 0.6 is 0 Å². The van der Waals surface area contributed by atoms with Crippen molar-refractivity contribution in [3.63, 3.8) is 0 Å². The van der Waals surface area contributed by atoms with Crippen LogP contribution in [0.5, 0.6) is 0 Å². The third-order valence-electron chi connectivity index (χ3n) is 1.94. The zero-order valence-electron chi connectivity index (χ0n) is 8.08. The van der Waals surface area contributed by atoms with E-state index in [1.807, 2.05) is 31.2 Å². The molecule has 0 aliphatic rings. The van der Waals surface area contributed by atoms with Crippen molar-refractivity contribution in [3.05, 3.63) is 42.0 Å². The molecular weight excluding hydrogens is 178 g/mol. The average molecular weight is 191 g/mol. The van der Waals surface area contributed by atoms with Gasteiger partial charge in [-0.05, 0) is 18.6 Å². The van der Waals surface area contributed by atoms with Gasteiger partial charge in [0.05, 0.1) is 0 Å². The molecule has 0 spiro atoms. The second-order valence-corrected chi connectivity index (χ2v) is 3.08. The van der Waals surface area contributed by atoms with Crippen LogP contribution in [0.25, 0.3) is 0 Å². The molecule has 0 heterocycles. The fourth-order valence-electron chi connectivity index (χ4n) is 1.05. The number of aryl methyl sites for hydroxylation is 1. The summed E-state index contributed by atoms with van der Waals surface area (Å²) < 4.78 is 0. The van der Waals surface area contributed by atoms with Gasteiger partial charge in [0.1, 0.15) is 0 Å². The summed E-state index contributed by atoms with van der Waals surface area (Å²) in [6.45, 7) is 5.67. The Balaban J connectivity index is 2.58. The molecular formula is C11H13NO2. The topological polar surface area (TPSA) is 49.3 Å². The first-order valence-electron chi connectivity index (χ1n) is 4.32. The van der Waals surface area contributed by atoms with E-state index in [2.05, 4.69) is 11.9 Å². The van der Waals surface area contributed by atoms with Crippen molar-refractivity contribution in [2.75, 3.05) is 11.9 Å². The van der Waals surface area contributed by atoms with Gasteiger partial charge in [-0.1, -0.05) is 24.8 Å². The number of aliphatic carboxylic acids is 1. The largest absolute Gasteiger partial charge is 0.478 e. The summed E-state index contributed by atoms with van der Waals surface area (Å²) in [7, 11) is 0. The fourth-order valence-corrected chi connectivity index (χ4v) is 1.05. The molecule has 14 heavy (non-hydrogen) atoms. The molecule has 0 aliphatic carbocycles. The standard InChI is InChI=1S/C11H13NO2/c1-8-5-3-4-6-10(8)12-7-9(2)11(13)14/h3-6,12H,2,7H2,1H3,(H,13,14). The van der Waals surface area contributed by atoms with E-state index < -0.39 is 5.97 Å². The summed E-state index contributed by atoms with van der Waals surface area (Å²) in [5.41, 5.74) is 2.19. The minimum atomic E-state index is -0.967. The highest BCUT2D eigenvalue weighted by Crippen LogP contribution is 2.13. The number of carbonyl (C=O) groups is 1. The lowest BCUT2D eigenvalue weighted by Gasteiger charge is -2.08. The van der Waals surface area contributed by atoms with Crippen LogP contribution in [0.4, 0.5) is 5.69 Å². The Hall–Kier alpha value is -1.77. The van der Waals surface area contributed by atoms with Gasteiger partial charge < -0.3 is 10.4 Å². The Morgan fingerprint density at radius 2 is 2.14 bits per heavy atom. The lowest BCUT2D eigenvalue weighted by Crippen LogP contribution is -2.11. The Kier molecular flexibility index (Phi) is 3.29. The smallest absolute Gasteiger partial charge is 0.332 e. The molecule has 0 saturated heterocycles. The molecule has 0 fully saturated rings. The molecule has 1 rings (SSSR count). The summed E-state index contributed by atoms with van der Waals surface area (Å²) in [6.07, 6.45) is 0. The van der Waals surface area contributed by atoms with Gasteiger partial charge in [0, 0.05) is 17.8 Å². The zero-order chi connectivity index (χ0) is 10.6. The third-order valence-corrected chi connectivity index (χ3v) is 1.94. The summed E-state index contributed by atoms with van der Waals surface area (Å²) in [5, 5.41) is 11.6. The normalized spacial score (nSPS) is 9.50. The van der Waals surface area contributed by atoms with E-state index in [1.165, 1.54) is 0 Å². The second-order valence-electron chi connectivity index (χ2n) is 3.08. The number of hydrogen-bond donors (Lipinski definition) is 2. The maximum Gasteiger partial charge on any atom is 0.332 e. The Bertz CT molecular complexity index is 358. The van der Waals surface area contributed by atoms with Crippen LogP contribution < -0.4 is 5.32 Å². The maximum absolute atomic E-state index is 10.5. The van der Waals surface area contributed by atoms with E-state index >= 15 is 0 Å². The summed E-state index contributed by atoms with van der Waals surface area (Å²) in [4.78, 5) is 10.5. The summed E-state index contributed by atoms with van der Waals surface area (Å²) in [6, 6.07) is 7.71. The van der Waals surface area contributed by atoms with Gasteiger partial charge in [-0.2, -0.15) is 0 Å². The monoisotopic (exact) mass is 191 g/mol. The molecule has 0 atom stereocenters. The minimum absolute atomic E-state index is 0.160. The minimum Gasteiger partial charge on any atom is -0.478 e. The molecule has 0 amide bonds. The summed E-state index contributed by atoms with van der Waals surface area (Å²) in [5.74, 6) is -0.967. The molecule has 0 bridgehead atoms. The third kappa shape index (κ3) is 2.62. The lowest BCUT2D eigenvalue weighted by atomic mass is 10.2. The first-order chi connectivity index (χ1) is 6.61. The number of carboxylic acid groups (broad SMARTS) is 1. The quantitative estimate of drug-likeness (QED) is 0.716. The molecule has 0 aliphatic heterocycles. The first-order valence-corrected chi connectivity index (χ1v) is 4.32. The van der Waals surface area contributed by atoms with E-state index in [-0.39, 0.29) is 12.1 Å². The van der Waals surface area contributed by atoms with Gasteiger partial charge in [-0.3, -0.25) is 0 Å². The van der Waals surface area contributed by atoms with E-state index in [1.54, 1.807) is 0 Å². The highest BCUT2D eigenvalue weighted by molar-refractivity contribution is 5.86. The molecule has 3 heteroatoms. The Morgan fingerprint density at radius 3 is 2.71 bits per heavy atom. The maximum atomic E-state index is 10.5. The van der Waals surface area contributed by atoms with Crippen molar-refractivity contribution in [2.45, 2.75) is 6.92 Å². The van der Waals surface area contributed by atoms with E-state index in [0.29, 0.717) is 0 Å². The zero-order valence-corrected chi connectivity index (χ0v) is 8.08. The highest BCUT2D eigenvalue weighted by atomic mass is 16.4. The summed E-state index contributed by atoms with van der Waals surface area (Å²) >= 11 is 0. The van der Waals surface area contributed by atoms with Crippen molar-refractivity contribution in [1.29, 1.82) is 0 Å². The molecule has 1 aromatic rings. The van der Waals surface area contributed by atoms with Gasteiger partial charge >= 0.3 is 5.97 Å². The Labute approximate surface area is 83.1 Å². The van der Waals surface area contributed by atoms with Crippen LogP contribution in [0.15, 0.2) is 36.4 Å². The van der Waals surface area contributed by atoms with Crippen LogP contribution in [-0.2, 0) is 4.79 Å². The lowest BCUT2D eigenvalue weighted by molar-refractivity contribution is -0.132. The molecule has 74 valence electrons. The van der Waals surface area contributed by atoms with Crippen molar-refractivity contribution in [1.82, 2.24) is 0 Å². The average Bonchev–Trinajstić information content (AvgIpc) is 2.16. The first kappa shape index (κ1) is 10.3. The second kappa shape index (κ2) is 4.46. The fraction of sp³-hybridized carbons (Fsp3) is 0.182. The van der Waals surface area contributed by atoms with Crippen molar-refractivity contribution < 1.29 is 9.90 Å². The van der Waals surface area contributed by atoms with Crippen molar-refractivity contribution in [2.24, 2.45) is 0 Å². The van der Waals surface area contributed by atoms with Gasteiger partial charge in [0.25, 0.3) is 0 Å². The van der Waals surface area contributed by atoms with Crippen molar-refractivity contribution in [3.8, 4) is 0 Å². The van der Waals surface area contributed by atoms with Crippen LogP contribution in [0.1, 0.15) is 5.56 Å². The molecule has 0 radical (unpaired) electrons. The van der Waals surface area contributed by atoms with Gasteiger partial charge in [-0.25, -0.2) is 4.79 Å². The number of hydrogen-bond acceptors (Lipinski definition) is 2. The number of anilines is 1. The molecule has 3 nitrogen and oxygen atoms in total. The van der Waals surface area contributed by atoms with Gasteiger partial charge in [-0.15, -0.1) is 0 Å². The van der Waals surface area contributed by atoms with Crippen molar-refractivity contribution >= 4 is 11.7 Å². The molecule has 0 unspecified atom stereocenters. The Morgan fingerprint density at radius 1 is 1.50 bits per heavy atom. The van der Waals surface area contributed by atoms with Crippen LogP contribution in [-0.4, -0.2) is 17.6 Å². The molecule has 1 aromatic carbocycles.